The van der Waals surface area contributed by atoms with Crippen molar-refractivity contribution in [2.75, 3.05) is 11.9 Å². The Morgan fingerprint density at radius 2 is 2.07 bits per heavy atom. The molecule has 0 saturated carbocycles. The Bertz CT molecular complexity index is 880. The standard InChI is InChI=1S/C20H24N4O3S/c1-13(25)22-11-16-7-8-18(28-16)20(27)23-15-5-2-4-14(10-15)12-24-9-3-6-17(24)19(21)26/h2,4-5,7-8,10,17H,3,6,9,11-12H2,1H3,(H2,21,26)(H,22,25)(H,23,27). The van der Waals surface area contributed by atoms with Crippen LogP contribution in [-0.2, 0) is 22.7 Å². The fraction of sp³-hybridized carbons (Fsp3) is 0.350. The van der Waals surface area contributed by atoms with Gasteiger partial charge in [-0.25, -0.2) is 0 Å². The smallest absolute Gasteiger partial charge is 0.265 e. The summed E-state index contributed by atoms with van der Waals surface area (Å²) in [4.78, 5) is 38.6. The summed E-state index contributed by atoms with van der Waals surface area (Å²) in [5, 5.41) is 5.63. The minimum Gasteiger partial charge on any atom is -0.368 e. The van der Waals surface area contributed by atoms with Crippen LogP contribution in [0.4, 0.5) is 5.69 Å². The third kappa shape index (κ3) is 5.17. The molecule has 0 spiro atoms. The highest BCUT2D eigenvalue weighted by Crippen LogP contribution is 2.22. The lowest BCUT2D eigenvalue weighted by molar-refractivity contribution is -0.122. The van der Waals surface area contributed by atoms with Crippen LogP contribution in [0.1, 0.15) is 39.9 Å². The van der Waals surface area contributed by atoms with Crippen molar-refractivity contribution < 1.29 is 14.4 Å². The van der Waals surface area contributed by atoms with Gasteiger partial charge in [-0.2, -0.15) is 0 Å². The van der Waals surface area contributed by atoms with Crippen molar-refractivity contribution in [2.24, 2.45) is 5.73 Å². The number of nitrogens with two attached hydrogens (primary N) is 1. The van der Waals surface area contributed by atoms with Crippen LogP contribution < -0.4 is 16.4 Å². The molecule has 0 radical (unpaired) electrons. The van der Waals surface area contributed by atoms with Gasteiger partial charge < -0.3 is 16.4 Å². The Hall–Kier alpha value is -2.71. The maximum Gasteiger partial charge on any atom is 0.265 e. The third-order valence-corrected chi connectivity index (χ3v) is 5.74. The van der Waals surface area contributed by atoms with Crippen LogP contribution in [0.2, 0.25) is 0 Å². The molecule has 1 aliphatic heterocycles. The molecule has 1 atom stereocenters. The van der Waals surface area contributed by atoms with E-state index in [0.29, 0.717) is 23.7 Å². The van der Waals surface area contributed by atoms with Crippen LogP contribution in [0.3, 0.4) is 0 Å². The average Bonchev–Trinajstić information content (AvgIpc) is 3.29. The predicted octanol–water partition coefficient (Wildman–Crippen LogP) is 2.09. The Kier molecular flexibility index (Phi) is 6.43. The quantitative estimate of drug-likeness (QED) is 0.662. The zero-order chi connectivity index (χ0) is 20.1. The molecule has 1 aromatic carbocycles. The number of carbonyl (C=O) groups excluding carboxylic acids is 3. The number of hydrogen-bond donors (Lipinski definition) is 3. The van der Waals surface area contributed by atoms with E-state index in [1.807, 2.05) is 30.3 Å². The molecule has 1 aliphatic rings. The maximum atomic E-state index is 12.5. The number of carbonyl (C=O) groups is 3. The molecule has 3 amide bonds. The Labute approximate surface area is 167 Å². The summed E-state index contributed by atoms with van der Waals surface area (Å²) in [7, 11) is 0. The largest absolute Gasteiger partial charge is 0.368 e. The summed E-state index contributed by atoms with van der Waals surface area (Å²) in [5.41, 5.74) is 7.20. The summed E-state index contributed by atoms with van der Waals surface area (Å²) in [6.45, 7) is 3.34. The second-order valence-corrected chi connectivity index (χ2v) is 8.03. The summed E-state index contributed by atoms with van der Waals surface area (Å²) in [6.07, 6.45) is 1.76. The molecule has 4 N–H and O–H groups in total. The average molecular weight is 401 g/mol. The molecule has 1 unspecified atom stereocenters. The van der Waals surface area contributed by atoms with Crippen molar-refractivity contribution in [3.8, 4) is 0 Å². The fourth-order valence-electron chi connectivity index (χ4n) is 3.32. The summed E-state index contributed by atoms with van der Waals surface area (Å²) in [5.74, 6) is -0.574. The minimum absolute atomic E-state index is 0.104. The fourth-order valence-corrected chi connectivity index (χ4v) is 4.16. The van der Waals surface area contributed by atoms with Crippen LogP contribution in [0, 0.1) is 0 Å². The molecule has 1 saturated heterocycles. The molecule has 28 heavy (non-hydrogen) atoms. The number of amides is 3. The maximum absolute atomic E-state index is 12.5. The number of rotatable bonds is 7. The van der Waals surface area contributed by atoms with Crippen LogP contribution in [0.25, 0.3) is 0 Å². The second kappa shape index (κ2) is 8.99. The summed E-state index contributed by atoms with van der Waals surface area (Å²) in [6, 6.07) is 11.0. The molecule has 2 aromatic rings. The van der Waals surface area contributed by atoms with Gasteiger partial charge in [0.25, 0.3) is 5.91 Å². The molecule has 3 rings (SSSR count). The Balaban J connectivity index is 1.62. The van der Waals surface area contributed by atoms with E-state index >= 15 is 0 Å². The highest BCUT2D eigenvalue weighted by molar-refractivity contribution is 7.14. The van der Waals surface area contributed by atoms with Gasteiger partial charge in [0, 0.05) is 24.0 Å². The first-order valence-electron chi connectivity index (χ1n) is 9.19. The lowest BCUT2D eigenvalue weighted by Gasteiger charge is -2.22. The first-order chi connectivity index (χ1) is 13.4. The van der Waals surface area contributed by atoms with Crippen molar-refractivity contribution in [1.82, 2.24) is 10.2 Å². The van der Waals surface area contributed by atoms with Crippen molar-refractivity contribution in [3.05, 3.63) is 51.7 Å². The zero-order valence-corrected chi connectivity index (χ0v) is 16.6. The second-order valence-electron chi connectivity index (χ2n) is 6.86. The van der Waals surface area contributed by atoms with Gasteiger partial charge in [-0.3, -0.25) is 19.3 Å². The monoisotopic (exact) mass is 400 g/mol. The van der Waals surface area contributed by atoms with E-state index < -0.39 is 0 Å². The van der Waals surface area contributed by atoms with Crippen LogP contribution in [0.15, 0.2) is 36.4 Å². The molecule has 1 aromatic heterocycles. The summed E-state index contributed by atoms with van der Waals surface area (Å²) < 4.78 is 0. The molecule has 2 heterocycles. The molecule has 0 aliphatic carbocycles. The number of anilines is 1. The van der Waals surface area contributed by atoms with Gasteiger partial charge in [-0.05, 0) is 49.2 Å². The molecule has 7 nitrogen and oxygen atoms in total. The third-order valence-electron chi connectivity index (χ3n) is 4.66. The van der Waals surface area contributed by atoms with Gasteiger partial charge in [0.15, 0.2) is 0 Å². The van der Waals surface area contributed by atoms with E-state index in [9.17, 15) is 14.4 Å². The van der Waals surface area contributed by atoms with E-state index in [0.717, 1.165) is 29.8 Å². The van der Waals surface area contributed by atoms with Crippen LogP contribution >= 0.6 is 11.3 Å². The van der Waals surface area contributed by atoms with Gasteiger partial charge in [0.05, 0.1) is 17.5 Å². The van der Waals surface area contributed by atoms with E-state index in [-0.39, 0.29) is 23.8 Å². The molecule has 148 valence electrons. The number of primary amides is 1. The van der Waals surface area contributed by atoms with Crippen molar-refractivity contribution in [2.45, 2.75) is 38.9 Å². The number of thiophene rings is 1. The Morgan fingerprint density at radius 3 is 2.82 bits per heavy atom. The van der Waals surface area contributed by atoms with Crippen molar-refractivity contribution >= 4 is 34.7 Å². The summed E-state index contributed by atoms with van der Waals surface area (Å²) >= 11 is 1.35. The van der Waals surface area contributed by atoms with Crippen molar-refractivity contribution in [1.29, 1.82) is 0 Å². The predicted molar refractivity (Wildman–Crippen MR) is 109 cm³/mol. The zero-order valence-electron chi connectivity index (χ0n) is 15.7. The van der Waals surface area contributed by atoms with E-state index in [1.54, 1.807) is 6.07 Å². The van der Waals surface area contributed by atoms with Gasteiger partial charge in [-0.15, -0.1) is 11.3 Å². The number of likely N-dealkylation sites (tertiary alicyclic amines) is 1. The molecular formula is C20H24N4O3S. The van der Waals surface area contributed by atoms with Gasteiger partial charge in [0.1, 0.15) is 0 Å². The molecule has 8 heteroatoms. The highest BCUT2D eigenvalue weighted by atomic mass is 32.1. The lowest BCUT2D eigenvalue weighted by atomic mass is 10.1. The number of benzene rings is 1. The van der Waals surface area contributed by atoms with E-state index in [2.05, 4.69) is 15.5 Å². The minimum atomic E-state index is -0.283. The van der Waals surface area contributed by atoms with Gasteiger partial charge in [0.2, 0.25) is 11.8 Å². The first kappa shape index (κ1) is 20.0. The number of nitrogens with zero attached hydrogens (tertiary/aromatic N) is 1. The van der Waals surface area contributed by atoms with Crippen molar-refractivity contribution in [3.63, 3.8) is 0 Å². The molecule has 0 bridgehead atoms. The topological polar surface area (TPSA) is 105 Å². The van der Waals surface area contributed by atoms with Gasteiger partial charge in [-0.1, -0.05) is 12.1 Å². The molecular weight excluding hydrogens is 376 g/mol. The van der Waals surface area contributed by atoms with E-state index in [1.165, 1.54) is 18.3 Å². The first-order valence-corrected chi connectivity index (χ1v) is 10.0. The number of hydrogen-bond acceptors (Lipinski definition) is 5. The Morgan fingerprint density at radius 1 is 1.25 bits per heavy atom. The van der Waals surface area contributed by atoms with Crippen LogP contribution in [0.5, 0.6) is 0 Å². The lowest BCUT2D eigenvalue weighted by Crippen LogP contribution is -2.39. The van der Waals surface area contributed by atoms with E-state index in [4.69, 9.17) is 5.73 Å². The SMILES string of the molecule is CC(=O)NCc1ccc(C(=O)Nc2cccc(CN3CCCC3C(N)=O)c2)s1. The normalized spacial score (nSPS) is 16.7. The van der Waals surface area contributed by atoms with Crippen LogP contribution in [-0.4, -0.2) is 35.2 Å². The highest BCUT2D eigenvalue weighted by Gasteiger charge is 2.28. The van der Waals surface area contributed by atoms with Gasteiger partial charge >= 0.3 is 0 Å². The number of nitrogens with one attached hydrogen (secondary N) is 2. The molecule has 1 fully saturated rings.